The van der Waals surface area contributed by atoms with Crippen LogP contribution in [0.15, 0.2) is 0 Å². The second kappa shape index (κ2) is 16.9. The van der Waals surface area contributed by atoms with E-state index in [-0.39, 0.29) is 6.61 Å². The van der Waals surface area contributed by atoms with E-state index < -0.39 is 0 Å². The van der Waals surface area contributed by atoms with Crippen molar-refractivity contribution in [2.45, 2.75) is 26.7 Å². The number of thioether (sulfide) groups is 1. The lowest BCUT2D eigenvalue weighted by Gasteiger charge is -1.84. The summed E-state index contributed by atoms with van der Waals surface area (Å²) in [5.74, 6) is 3.19. The maximum Gasteiger partial charge on any atom is 0.0431 e. The Kier molecular flexibility index (Phi) is 21.7. The van der Waals surface area contributed by atoms with Crippen LogP contribution in [0.1, 0.15) is 26.7 Å². The van der Waals surface area contributed by atoms with Crippen LogP contribution in [0.4, 0.5) is 0 Å². The Morgan fingerprint density at radius 3 is 1.82 bits per heavy atom. The SMILES string of the molecule is CCSCC.OCCCCCl. The molecule has 70 valence electrons. The van der Waals surface area contributed by atoms with Crippen LogP contribution in [0, 0.1) is 0 Å². The van der Waals surface area contributed by atoms with Gasteiger partial charge in [0, 0.05) is 12.5 Å². The van der Waals surface area contributed by atoms with E-state index in [4.69, 9.17) is 16.7 Å². The summed E-state index contributed by atoms with van der Waals surface area (Å²) in [7, 11) is 0. The first-order valence-electron chi connectivity index (χ1n) is 4.08. The molecule has 0 aromatic heterocycles. The van der Waals surface area contributed by atoms with Crippen molar-refractivity contribution in [1.29, 1.82) is 0 Å². The third-order valence-corrected chi connectivity index (χ3v) is 2.03. The van der Waals surface area contributed by atoms with E-state index in [1.165, 1.54) is 11.5 Å². The van der Waals surface area contributed by atoms with Gasteiger partial charge in [-0.15, -0.1) is 11.6 Å². The van der Waals surface area contributed by atoms with Crippen molar-refractivity contribution in [3.63, 3.8) is 0 Å². The molecule has 0 unspecified atom stereocenters. The van der Waals surface area contributed by atoms with Crippen LogP contribution >= 0.6 is 23.4 Å². The molecule has 0 atom stereocenters. The number of halogens is 1. The zero-order chi connectivity index (χ0) is 8.95. The Labute approximate surface area is 79.5 Å². The van der Waals surface area contributed by atoms with Crippen LogP contribution in [0.25, 0.3) is 0 Å². The van der Waals surface area contributed by atoms with Gasteiger partial charge in [-0.1, -0.05) is 13.8 Å². The highest BCUT2D eigenvalue weighted by atomic mass is 35.5. The summed E-state index contributed by atoms with van der Waals surface area (Å²) < 4.78 is 0. The van der Waals surface area contributed by atoms with E-state index in [2.05, 4.69) is 13.8 Å². The quantitative estimate of drug-likeness (QED) is 0.542. The molecule has 0 aliphatic heterocycles. The molecule has 0 aromatic carbocycles. The monoisotopic (exact) mass is 198 g/mol. The third-order valence-electron chi connectivity index (χ3n) is 0.950. The molecule has 0 rings (SSSR count). The van der Waals surface area contributed by atoms with Crippen LogP contribution in [-0.4, -0.2) is 29.1 Å². The average Bonchev–Trinajstić information content (AvgIpc) is 2.04. The molecule has 0 saturated carbocycles. The Balaban J connectivity index is 0. The Hall–Kier alpha value is 0.600. The van der Waals surface area contributed by atoms with Gasteiger partial charge in [0.15, 0.2) is 0 Å². The first-order valence-corrected chi connectivity index (χ1v) is 5.76. The Bertz CT molecular complexity index is 47.4. The van der Waals surface area contributed by atoms with E-state index in [0.717, 1.165) is 12.8 Å². The van der Waals surface area contributed by atoms with Crippen molar-refractivity contribution in [2.24, 2.45) is 0 Å². The van der Waals surface area contributed by atoms with Gasteiger partial charge in [-0.25, -0.2) is 0 Å². The van der Waals surface area contributed by atoms with Gasteiger partial charge in [0.25, 0.3) is 0 Å². The minimum Gasteiger partial charge on any atom is -0.396 e. The Morgan fingerprint density at radius 2 is 1.73 bits per heavy atom. The van der Waals surface area contributed by atoms with Gasteiger partial charge in [-0.2, -0.15) is 11.8 Å². The highest BCUT2D eigenvalue weighted by Gasteiger charge is 1.77. The largest absolute Gasteiger partial charge is 0.396 e. The lowest BCUT2D eigenvalue weighted by molar-refractivity contribution is 0.287. The molecule has 0 amide bonds. The maximum absolute atomic E-state index is 8.14. The predicted octanol–water partition coefficient (Wildman–Crippen LogP) is 2.76. The lowest BCUT2D eigenvalue weighted by atomic mass is 10.4. The number of rotatable bonds is 5. The summed E-state index contributed by atoms with van der Waals surface area (Å²) in [6.45, 7) is 4.62. The average molecular weight is 199 g/mol. The van der Waals surface area contributed by atoms with Crippen molar-refractivity contribution < 1.29 is 5.11 Å². The van der Waals surface area contributed by atoms with Crippen molar-refractivity contribution in [1.82, 2.24) is 0 Å². The van der Waals surface area contributed by atoms with Gasteiger partial charge >= 0.3 is 0 Å². The van der Waals surface area contributed by atoms with Crippen molar-refractivity contribution in [2.75, 3.05) is 24.0 Å². The van der Waals surface area contributed by atoms with Crippen molar-refractivity contribution in [3.05, 3.63) is 0 Å². The molecule has 11 heavy (non-hydrogen) atoms. The fourth-order valence-corrected chi connectivity index (χ4v) is 1.01. The molecular formula is C8H19ClOS. The van der Waals surface area contributed by atoms with Crippen molar-refractivity contribution in [3.8, 4) is 0 Å². The second-order valence-corrected chi connectivity index (χ2v) is 3.84. The summed E-state index contributed by atoms with van der Waals surface area (Å²) in [6, 6.07) is 0. The molecule has 0 aromatic rings. The number of aliphatic hydroxyl groups excluding tert-OH is 1. The first-order chi connectivity index (χ1) is 5.33. The van der Waals surface area contributed by atoms with Gasteiger partial charge in [0.1, 0.15) is 0 Å². The molecule has 0 aliphatic carbocycles. The van der Waals surface area contributed by atoms with Crippen LogP contribution < -0.4 is 0 Å². The molecule has 0 bridgehead atoms. The molecule has 1 nitrogen and oxygen atoms in total. The van der Waals surface area contributed by atoms with E-state index in [1.807, 2.05) is 11.8 Å². The van der Waals surface area contributed by atoms with Crippen LogP contribution in [0.3, 0.4) is 0 Å². The molecule has 0 heterocycles. The molecule has 3 heteroatoms. The number of unbranched alkanes of at least 4 members (excludes halogenated alkanes) is 1. The fourth-order valence-electron chi connectivity index (χ4n) is 0.410. The summed E-state index contributed by atoms with van der Waals surface area (Å²) in [5, 5.41) is 8.14. The number of aliphatic hydroxyl groups is 1. The standard InChI is InChI=1S/C4H9ClO.C4H10S/c5-3-1-2-4-6;1-3-5-4-2/h6H,1-4H2;3-4H2,1-2H3. The minimum atomic E-state index is 0.271. The summed E-state index contributed by atoms with van der Waals surface area (Å²) in [6.07, 6.45) is 1.77. The summed E-state index contributed by atoms with van der Waals surface area (Å²) >= 11 is 7.23. The predicted molar refractivity (Wildman–Crippen MR) is 55.7 cm³/mol. The molecule has 0 aliphatic rings. The minimum absolute atomic E-state index is 0.271. The third kappa shape index (κ3) is 25.0. The number of alkyl halides is 1. The number of hydrogen-bond acceptors (Lipinski definition) is 2. The molecule has 0 saturated heterocycles. The normalized spacial score (nSPS) is 8.73. The van der Waals surface area contributed by atoms with E-state index >= 15 is 0 Å². The smallest absolute Gasteiger partial charge is 0.0431 e. The fraction of sp³-hybridized carbons (Fsp3) is 1.00. The second-order valence-electron chi connectivity index (χ2n) is 1.90. The van der Waals surface area contributed by atoms with E-state index in [0.29, 0.717) is 5.88 Å². The highest BCUT2D eigenvalue weighted by Crippen LogP contribution is 1.93. The molecule has 1 N–H and O–H groups in total. The van der Waals surface area contributed by atoms with Crippen LogP contribution in [0.5, 0.6) is 0 Å². The van der Waals surface area contributed by atoms with E-state index in [9.17, 15) is 0 Å². The van der Waals surface area contributed by atoms with Gasteiger partial charge < -0.3 is 5.11 Å². The molecule has 0 fully saturated rings. The molecule has 0 radical (unpaired) electrons. The van der Waals surface area contributed by atoms with Gasteiger partial charge in [0.05, 0.1) is 0 Å². The van der Waals surface area contributed by atoms with Crippen LogP contribution in [-0.2, 0) is 0 Å². The zero-order valence-electron chi connectivity index (χ0n) is 7.48. The van der Waals surface area contributed by atoms with Crippen LogP contribution in [0.2, 0.25) is 0 Å². The maximum atomic E-state index is 8.14. The number of hydrogen-bond donors (Lipinski definition) is 1. The Morgan fingerprint density at radius 1 is 1.18 bits per heavy atom. The topological polar surface area (TPSA) is 20.2 Å². The van der Waals surface area contributed by atoms with Gasteiger partial charge in [0.2, 0.25) is 0 Å². The summed E-state index contributed by atoms with van der Waals surface area (Å²) in [5.41, 5.74) is 0. The highest BCUT2D eigenvalue weighted by molar-refractivity contribution is 7.99. The van der Waals surface area contributed by atoms with E-state index in [1.54, 1.807) is 0 Å². The van der Waals surface area contributed by atoms with Gasteiger partial charge in [-0.05, 0) is 24.3 Å². The van der Waals surface area contributed by atoms with Gasteiger partial charge in [-0.3, -0.25) is 0 Å². The lowest BCUT2D eigenvalue weighted by Crippen LogP contribution is -1.81. The molecular weight excluding hydrogens is 180 g/mol. The first kappa shape index (κ1) is 14.1. The zero-order valence-corrected chi connectivity index (χ0v) is 9.05. The molecule has 0 spiro atoms. The summed E-state index contributed by atoms with van der Waals surface area (Å²) in [4.78, 5) is 0. The van der Waals surface area contributed by atoms with Crippen molar-refractivity contribution >= 4 is 23.4 Å².